The lowest BCUT2D eigenvalue weighted by molar-refractivity contribution is 0.0479. The molecule has 0 radical (unpaired) electrons. The number of nitrogens with zero attached hydrogens (tertiary/aromatic N) is 1. The molecular formula is C19H42N2. The van der Waals surface area contributed by atoms with Crippen molar-refractivity contribution in [1.82, 2.24) is 10.2 Å². The van der Waals surface area contributed by atoms with Crippen LogP contribution in [0, 0.1) is 0 Å². The monoisotopic (exact) mass is 298 g/mol. The van der Waals surface area contributed by atoms with Crippen LogP contribution in [0.2, 0.25) is 0 Å². The van der Waals surface area contributed by atoms with Gasteiger partial charge in [0, 0.05) is 11.6 Å². The van der Waals surface area contributed by atoms with E-state index >= 15 is 0 Å². The summed E-state index contributed by atoms with van der Waals surface area (Å²) in [5.74, 6) is 0. The van der Waals surface area contributed by atoms with Gasteiger partial charge in [-0.2, -0.15) is 0 Å². The standard InChI is InChI=1S/C19H42N2/c1-7-12-13-14-15-16-17-18(20-6)19(8-2,9-3)21(10-4)11-5/h18,20H,7-17H2,1-6H3. The maximum Gasteiger partial charge on any atom is 0.0356 e. The summed E-state index contributed by atoms with van der Waals surface area (Å²) in [5, 5.41) is 3.65. The molecule has 1 atom stereocenters. The average Bonchev–Trinajstić information content (AvgIpc) is 2.52. The highest BCUT2D eigenvalue weighted by Crippen LogP contribution is 2.30. The van der Waals surface area contributed by atoms with Crippen molar-refractivity contribution in [2.45, 2.75) is 104 Å². The van der Waals surface area contributed by atoms with Crippen LogP contribution in [0.3, 0.4) is 0 Å². The quantitative estimate of drug-likeness (QED) is 0.442. The van der Waals surface area contributed by atoms with Gasteiger partial charge in [0.05, 0.1) is 0 Å². The molecule has 0 heterocycles. The Hall–Kier alpha value is -0.0800. The molecule has 0 aliphatic rings. The summed E-state index contributed by atoms with van der Waals surface area (Å²) in [6.45, 7) is 14.0. The Labute approximate surface area is 135 Å². The second-order valence-corrected chi connectivity index (χ2v) is 6.38. The van der Waals surface area contributed by atoms with E-state index in [0.717, 1.165) is 13.1 Å². The number of hydrogen-bond acceptors (Lipinski definition) is 2. The zero-order valence-corrected chi connectivity index (χ0v) is 15.8. The van der Waals surface area contributed by atoms with Crippen molar-refractivity contribution in [1.29, 1.82) is 0 Å². The first-order valence-electron chi connectivity index (χ1n) is 9.58. The lowest BCUT2D eigenvalue weighted by Crippen LogP contribution is -2.60. The summed E-state index contributed by atoms with van der Waals surface area (Å²) < 4.78 is 0. The van der Waals surface area contributed by atoms with Crippen molar-refractivity contribution < 1.29 is 0 Å². The SMILES string of the molecule is CCCCCCCCC(NC)C(CC)(CC)N(CC)CC. The summed E-state index contributed by atoms with van der Waals surface area (Å²) in [7, 11) is 2.16. The molecular weight excluding hydrogens is 256 g/mol. The van der Waals surface area contributed by atoms with Crippen molar-refractivity contribution >= 4 is 0 Å². The molecule has 2 heteroatoms. The van der Waals surface area contributed by atoms with Gasteiger partial charge in [0.2, 0.25) is 0 Å². The van der Waals surface area contributed by atoms with E-state index in [0.29, 0.717) is 11.6 Å². The summed E-state index contributed by atoms with van der Waals surface area (Å²) in [4.78, 5) is 2.69. The molecule has 128 valence electrons. The number of rotatable bonds is 14. The topological polar surface area (TPSA) is 15.3 Å². The van der Waals surface area contributed by atoms with Crippen LogP contribution in [0.4, 0.5) is 0 Å². The molecule has 0 aliphatic carbocycles. The molecule has 0 saturated heterocycles. The minimum atomic E-state index is 0.335. The molecule has 0 fully saturated rings. The lowest BCUT2D eigenvalue weighted by Gasteiger charge is -2.48. The summed E-state index contributed by atoms with van der Waals surface area (Å²) in [5.41, 5.74) is 0.335. The third-order valence-electron chi connectivity index (χ3n) is 5.46. The van der Waals surface area contributed by atoms with E-state index in [1.165, 1.54) is 57.8 Å². The Morgan fingerprint density at radius 3 is 1.76 bits per heavy atom. The Bertz CT molecular complexity index is 220. The fourth-order valence-electron chi connectivity index (χ4n) is 4.07. The zero-order chi connectivity index (χ0) is 16.1. The van der Waals surface area contributed by atoms with Gasteiger partial charge in [0.1, 0.15) is 0 Å². The number of nitrogens with one attached hydrogen (secondary N) is 1. The minimum absolute atomic E-state index is 0.335. The molecule has 1 unspecified atom stereocenters. The summed E-state index contributed by atoms with van der Waals surface area (Å²) in [6, 6.07) is 0.624. The van der Waals surface area contributed by atoms with E-state index < -0.39 is 0 Å². The average molecular weight is 299 g/mol. The largest absolute Gasteiger partial charge is 0.315 e. The second-order valence-electron chi connectivity index (χ2n) is 6.38. The van der Waals surface area contributed by atoms with Crippen LogP contribution < -0.4 is 5.32 Å². The molecule has 0 bridgehead atoms. The molecule has 0 aliphatic heterocycles. The molecule has 0 rings (SSSR count). The van der Waals surface area contributed by atoms with Crippen molar-refractivity contribution in [3.05, 3.63) is 0 Å². The number of hydrogen-bond donors (Lipinski definition) is 1. The van der Waals surface area contributed by atoms with Crippen molar-refractivity contribution in [3.8, 4) is 0 Å². The number of unbranched alkanes of at least 4 members (excludes halogenated alkanes) is 5. The van der Waals surface area contributed by atoms with Crippen molar-refractivity contribution in [2.24, 2.45) is 0 Å². The van der Waals surface area contributed by atoms with E-state index in [1.807, 2.05) is 0 Å². The van der Waals surface area contributed by atoms with Gasteiger partial charge in [0.25, 0.3) is 0 Å². The smallest absolute Gasteiger partial charge is 0.0356 e. The minimum Gasteiger partial charge on any atom is -0.315 e. The summed E-state index contributed by atoms with van der Waals surface area (Å²) in [6.07, 6.45) is 12.2. The van der Waals surface area contributed by atoms with Gasteiger partial charge >= 0.3 is 0 Å². The van der Waals surface area contributed by atoms with E-state index in [9.17, 15) is 0 Å². The highest BCUT2D eigenvalue weighted by Gasteiger charge is 2.38. The first-order chi connectivity index (χ1) is 10.2. The van der Waals surface area contributed by atoms with Crippen LogP contribution in [0.15, 0.2) is 0 Å². The zero-order valence-electron chi connectivity index (χ0n) is 15.8. The van der Waals surface area contributed by atoms with Crippen molar-refractivity contribution in [3.63, 3.8) is 0 Å². The summed E-state index contributed by atoms with van der Waals surface area (Å²) >= 11 is 0. The predicted octanol–water partition coefficient (Wildman–Crippen LogP) is 5.23. The molecule has 2 nitrogen and oxygen atoms in total. The van der Waals surface area contributed by atoms with Gasteiger partial charge in [0.15, 0.2) is 0 Å². The van der Waals surface area contributed by atoms with E-state index in [-0.39, 0.29) is 0 Å². The van der Waals surface area contributed by atoms with Gasteiger partial charge < -0.3 is 5.32 Å². The molecule has 21 heavy (non-hydrogen) atoms. The second kappa shape index (κ2) is 12.5. The first kappa shape index (κ1) is 20.9. The van der Waals surface area contributed by atoms with E-state index in [1.54, 1.807) is 0 Å². The van der Waals surface area contributed by atoms with Gasteiger partial charge in [-0.3, -0.25) is 4.90 Å². The fourth-order valence-corrected chi connectivity index (χ4v) is 4.07. The molecule has 0 amide bonds. The van der Waals surface area contributed by atoms with Crippen molar-refractivity contribution in [2.75, 3.05) is 20.1 Å². The van der Waals surface area contributed by atoms with Gasteiger partial charge in [-0.15, -0.1) is 0 Å². The third kappa shape index (κ3) is 6.28. The molecule has 1 N–H and O–H groups in total. The maximum atomic E-state index is 3.65. The molecule has 0 saturated carbocycles. The van der Waals surface area contributed by atoms with Gasteiger partial charge in [-0.1, -0.05) is 73.1 Å². The van der Waals surface area contributed by atoms with Crippen LogP contribution in [0.25, 0.3) is 0 Å². The highest BCUT2D eigenvalue weighted by molar-refractivity contribution is 4.98. The van der Waals surface area contributed by atoms with E-state index in [2.05, 4.69) is 51.9 Å². The molecule has 0 spiro atoms. The lowest BCUT2D eigenvalue weighted by atomic mass is 9.80. The van der Waals surface area contributed by atoms with Crippen LogP contribution in [-0.2, 0) is 0 Å². The van der Waals surface area contributed by atoms with Crippen LogP contribution >= 0.6 is 0 Å². The predicted molar refractivity (Wildman–Crippen MR) is 97.1 cm³/mol. The maximum absolute atomic E-state index is 3.65. The van der Waals surface area contributed by atoms with Gasteiger partial charge in [-0.25, -0.2) is 0 Å². The van der Waals surface area contributed by atoms with E-state index in [4.69, 9.17) is 0 Å². The molecule has 0 aromatic carbocycles. The fraction of sp³-hybridized carbons (Fsp3) is 1.00. The Morgan fingerprint density at radius 1 is 0.810 bits per heavy atom. The Kier molecular flexibility index (Phi) is 12.4. The first-order valence-corrected chi connectivity index (χ1v) is 9.58. The third-order valence-corrected chi connectivity index (χ3v) is 5.46. The van der Waals surface area contributed by atoms with Crippen LogP contribution in [-0.4, -0.2) is 36.6 Å². The number of likely N-dealkylation sites (N-methyl/N-ethyl adjacent to an activating group) is 2. The highest BCUT2D eigenvalue weighted by atomic mass is 15.2. The molecule has 0 aromatic rings. The Morgan fingerprint density at radius 2 is 1.33 bits per heavy atom. The normalized spacial score (nSPS) is 13.9. The van der Waals surface area contributed by atoms with Gasteiger partial charge in [-0.05, 0) is 39.4 Å². The van der Waals surface area contributed by atoms with Crippen LogP contribution in [0.1, 0.15) is 92.4 Å². The Balaban J connectivity index is 4.54. The molecule has 0 aromatic heterocycles. The van der Waals surface area contributed by atoms with Crippen LogP contribution in [0.5, 0.6) is 0 Å².